The van der Waals surface area contributed by atoms with Crippen LogP contribution >= 0.6 is 0 Å². The van der Waals surface area contributed by atoms with Crippen molar-refractivity contribution in [3.05, 3.63) is 50.8 Å². The van der Waals surface area contributed by atoms with Crippen LogP contribution in [-0.4, -0.2) is 120 Å². The van der Waals surface area contributed by atoms with E-state index in [1.165, 1.54) is 19.2 Å². The first-order valence-corrected chi connectivity index (χ1v) is 13.5. The molecule has 0 unspecified atom stereocenters. The van der Waals surface area contributed by atoms with Crippen LogP contribution in [0.4, 0.5) is 0 Å². The van der Waals surface area contributed by atoms with E-state index in [4.69, 9.17) is 43.4 Å². The van der Waals surface area contributed by atoms with Crippen molar-refractivity contribution in [3.63, 3.8) is 0 Å². The minimum absolute atomic E-state index is 0.0114. The van der Waals surface area contributed by atoms with Crippen LogP contribution in [0, 0.1) is 0 Å². The molecule has 0 radical (unpaired) electrons. The summed E-state index contributed by atoms with van der Waals surface area (Å²) < 4.78 is 42.6. The lowest BCUT2D eigenvalue weighted by atomic mass is 9.84. The first kappa shape index (κ1) is 32.7. The Hall–Kier alpha value is -4.22. The monoisotopic (exact) mass is 617 g/mol. The minimum atomic E-state index is -1.93. The molecule has 1 fully saturated rings. The molecule has 17 nitrogen and oxygen atoms in total. The van der Waals surface area contributed by atoms with Gasteiger partial charge < -0.3 is 42.9 Å². The summed E-state index contributed by atoms with van der Waals surface area (Å²) in [6.45, 7) is 1.90. The fraction of sp³-hybridized carbons (Fsp3) is 0.519. The molecule has 0 aromatic carbocycles. The van der Waals surface area contributed by atoms with Crippen LogP contribution in [0.1, 0.15) is 47.4 Å². The third kappa shape index (κ3) is 7.11. The highest BCUT2D eigenvalue weighted by Gasteiger charge is 2.54. The molecule has 1 aliphatic heterocycles. The maximum atomic E-state index is 13.8. The van der Waals surface area contributed by atoms with Crippen LogP contribution in [0.3, 0.4) is 0 Å². The average molecular weight is 618 g/mol. The third-order valence-electron chi connectivity index (χ3n) is 6.49. The van der Waals surface area contributed by atoms with Crippen molar-refractivity contribution < 1.29 is 57.1 Å². The minimum Gasteiger partial charge on any atom is -0.465 e. The van der Waals surface area contributed by atoms with E-state index in [1.807, 2.05) is 0 Å². The summed E-state index contributed by atoms with van der Waals surface area (Å²) >= 11 is 0. The summed E-state index contributed by atoms with van der Waals surface area (Å²) in [5.74, 6) is -4.84. The number of rotatable bonds is 17. The van der Waals surface area contributed by atoms with Crippen LogP contribution in [0.15, 0.2) is 17.2 Å². The zero-order chi connectivity index (χ0) is 31.5. The van der Waals surface area contributed by atoms with Gasteiger partial charge in [-0.1, -0.05) is 5.11 Å². The number of H-pyrrole nitrogens is 1. The van der Waals surface area contributed by atoms with E-state index < -0.39 is 35.9 Å². The van der Waals surface area contributed by atoms with Crippen LogP contribution in [0.5, 0.6) is 0 Å². The number of hydrogen-bond donors (Lipinski definition) is 1. The number of azide groups is 1. The first-order chi connectivity index (χ1) is 21.4. The number of pyridine rings is 1. The van der Waals surface area contributed by atoms with E-state index >= 15 is 0 Å². The van der Waals surface area contributed by atoms with Gasteiger partial charge in [-0.25, -0.2) is 14.6 Å². The molecule has 4 rings (SSSR count). The van der Waals surface area contributed by atoms with Gasteiger partial charge in [0.05, 0.1) is 84.9 Å². The van der Waals surface area contributed by atoms with Gasteiger partial charge in [0.2, 0.25) is 11.6 Å². The molecular formula is C27H31N5O12. The topological polar surface area (TPSA) is 220 Å². The second-order valence-corrected chi connectivity index (χ2v) is 9.14. The Morgan fingerprint density at radius 2 is 1.57 bits per heavy atom. The van der Waals surface area contributed by atoms with Gasteiger partial charge in [0.25, 0.3) is 5.79 Å². The van der Waals surface area contributed by atoms with Crippen molar-refractivity contribution in [2.75, 3.05) is 86.8 Å². The van der Waals surface area contributed by atoms with Gasteiger partial charge in [0, 0.05) is 22.6 Å². The molecule has 236 valence electrons. The summed E-state index contributed by atoms with van der Waals surface area (Å²) in [4.78, 5) is 61.8. The Balaban J connectivity index is 1.39. The van der Waals surface area contributed by atoms with Gasteiger partial charge in [-0.2, -0.15) is 0 Å². The van der Waals surface area contributed by atoms with Gasteiger partial charge in [0.15, 0.2) is 0 Å². The summed E-state index contributed by atoms with van der Waals surface area (Å²) in [5, 5.41) is 3.35. The molecule has 2 aromatic rings. The highest BCUT2D eigenvalue weighted by molar-refractivity contribution is 6.15. The standard InChI is InChI=1S/C27H31N5O12/c1-37-25(35)16-13-18(20(33)15-42-10-9-41-8-7-40-6-5-39-4-3-29-32-28)30-23-21(16)22-17(14-19(31-22)26(36)38-2)27(24(23)34)43-11-12-44-27/h13-14,31H,3-12,15H2,1-2H3. The molecule has 1 N–H and O–H groups in total. The SMILES string of the molecule is COC(=O)c1cc2c([nH]1)-c1c(C(=O)OC)cc(C(=O)COCCOCCOCCOCCN=[N+]=[N-])nc1C(=O)C21OCCO1. The Kier molecular flexibility index (Phi) is 11.5. The zero-order valence-corrected chi connectivity index (χ0v) is 24.1. The Morgan fingerprint density at radius 3 is 2.18 bits per heavy atom. The molecular weight excluding hydrogens is 586 g/mol. The smallest absolute Gasteiger partial charge is 0.354 e. The number of esters is 2. The number of fused-ring (bicyclic) bond motifs is 4. The zero-order valence-electron chi connectivity index (χ0n) is 24.1. The third-order valence-corrected chi connectivity index (χ3v) is 6.49. The highest BCUT2D eigenvalue weighted by atomic mass is 16.7. The van der Waals surface area contributed by atoms with Crippen molar-refractivity contribution in [1.29, 1.82) is 0 Å². The van der Waals surface area contributed by atoms with Crippen molar-refractivity contribution in [1.82, 2.24) is 9.97 Å². The molecule has 17 heteroatoms. The molecule has 44 heavy (non-hydrogen) atoms. The maximum Gasteiger partial charge on any atom is 0.354 e. The number of Topliss-reactive ketones (excluding diaryl/α,β-unsaturated/α-hetero) is 2. The quantitative estimate of drug-likeness (QED) is 0.0666. The number of carbonyl (C=O) groups is 4. The van der Waals surface area contributed by atoms with Crippen LogP contribution in [0.25, 0.3) is 21.7 Å². The van der Waals surface area contributed by atoms with Gasteiger partial charge in [-0.3, -0.25) is 9.59 Å². The Labute approximate surface area is 250 Å². The summed E-state index contributed by atoms with van der Waals surface area (Å²) in [6.07, 6.45) is 0. The molecule has 2 aromatic heterocycles. The molecule has 0 amide bonds. The van der Waals surface area contributed by atoms with Gasteiger partial charge >= 0.3 is 11.9 Å². The second kappa shape index (κ2) is 15.5. The normalized spacial score (nSPS) is 14.5. The van der Waals surface area contributed by atoms with Crippen molar-refractivity contribution in [2.45, 2.75) is 5.79 Å². The van der Waals surface area contributed by atoms with E-state index in [1.54, 1.807) is 0 Å². The summed E-state index contributed by atoms with van der Waals surface area (Å²) in [5.41, 5.74) is 7.92. The summed E-state index contributed by atoms with van der Waals surface area (Å²) in [6, 6.07) is 2.56. The number of carbonyl (C=O) groups excluding carboxylic acids is 4. The predicted molar refractivity (Wildman–Crippen MR) is 146 cm³/mol. The molecule has 3 heterocycles. The van der Waals surface area contributed by atoms with Crippen molar-refractivity contribution >= 4 is 23.5 Å². The molecule has 1 spiro atoms. The molecule has 1 saturated heterocycles. The van der Waals surface area contributed by atoms with Gasteiger partial charge in [-0.15, -0.1) is 0 Å². The predicted octanol–water partition coefficient (Wildman–Crippen LogP) is 1.61. The molecule has 0 bridgehead atoms. The average Bonchev–Trinajstić information content (AvgIpc) is 3.72. The summed E-state index contributed by atoms with van der Waals surface area (Å²) in [7, 11) is 2.34. The number of nitrogens with zero attached hydrogens (tertiary/aromatic N) is 4. The van der Waals surface area contributed by atoms with E-state index in [0.29, 0.717) is 26.4 Å². The lowest BCUT2D eigenvalue weighted by Gasteiger charge is -2.31. The van der Waals surface area contributed by atoms with Gasteiger partial charge in [0.1, 0.15) is 23.7 Å². The largest absolute Gasteiger partial charge is 0.465 e. The van der Waals surface area contributed by atoms with E-state index in [-0.39, 0.29) is 79.0 Å². The van der Waals surface area contributed by atoms with E-state index in [9.17, 15) is 19.2 Å². The number of nitrogens with one attached hydrogen (secondary N) is 1. The van der Waals surface area contributed by atoms with Crippen molar-refractivity contribution in [2.24, 2.45) is 5.11 Å². The van der Waals surface area contributed by atoms with Crippen LogP contribution in [0.2, 0.25) is 0 Å². The van der Waals surface area contributed by atoms with E-state index in [2.05, 4.69) is 20.0 Å². The number of aromatic nitrogens is 2. The van der Waals surface area contributed by atoms with Crippen LogP contribution < -0.4 is 0 Å². The fourth-order valence-corrected chi connectivity index (χ4v) is 4.53. The number of ether oxygens (including phenoxy) is 8. The highest BCUT2D eigenvalue weighted by Crippen LogP contribution is 2.47. The maximum absolute atomic E-state index is 13.8. The Bertz CT molecular complexity index is 1430. The molecule has 0 atom stereocenters. The van der Waals surface area contributed by atoms with Crippen molar-refractivity contribution in [3.8, 4) is 11.3 Å². The number of hydrogen-bond acceptors (Lipinski definition) is 14. The number of methoxy groups -OCH3 is 2. The number of aromatic amines is 1. The van der Waals surface area contributed by atoms with Crippen LogP contribution in [-0.2, 0) is 43.7 Å². The van der Waals surface area contributed by atoms with Gasteiger partial charge in [-0.05, 0) is 17.7 Å². The first-order valence-electron chi connectivity index (χ1n) is 13.5. The Morgan fingerprint density at radius 1 is 0.955 bits per heavy atom. The van der Waals surface area contributed by atoms with E-state index in [0.717, 1.165) is 7.11 Å². The lowest BCUT2D eigenvalue weighted by molar-refractivity contribution is -0.126. The number of ketones is 2. The fourth-order valence-electron chi connectivity index (χ4n) is 4.53. The second-order valence-electron chi connectivity index (χ2n) is 9.14. The lowest BCUT2D eigenvalue weighted by Crippen LogP contribution is -2.41. The molecule has 2 aliphatic rings. The molecule has 1 aliphatic carbocycles. The molecule has 0 saturated carbocycles.